The van der Waals surface area contributed by atoms with Gasteiger partial charge in [-0.05, 0) is 31.2 Å². The van der Waals surface area contributed by atoms with Crippen LogP contribution in [0.4, 0.5) is 0 Å². The number of hydrogen-bond donors (Lipinski definition) is 0. The normalized spacial score (nSPS) is 14.8. The van der Waals surface area contributed by atoms with Crippen LogP contribution in [-0.4, -0.2) is 25.7 Å². The molecule has 0 atom stereocenters. The Labute approximate surface area is 83.4 Å². The molecule has 0 unspecified atom stereocenters. The Balaban J connectivity index is 2.13. The fourth-order valence-corrected chi connectivity index (χ4v) is 1.37. The highest BCUT2D eigenvalue weighted by Crippen LogP contribution is 2.14. The highest BCUT2D eigenvalue weighted by atomic mass is 16.5. The molecule has 0 bridgehead atoms. The van der Waals surface area contributed by atoms with Gasteiger partial charge in [-0.15, -0.1) is 0 Å². The van der Waals surface area contributed by atoms with E-state index in [1.54, 1.807) is 0 Å². The predicted octanol–water partition coefficient (Wildman–Crippen LogP) is 1.86. The van der Waals surface area contributed by atoms with Crippen molar-refractivity contribution in [3.63, 3.8) is 0 Å². The molecule has 0 spiro atoms. The fraction of sp³-hybridized carbons (Fsp3) is 0.364. The highest BCUT2D eigenvalue weighted by Gasteiger charge is 2.09. The minimum Gasteiger partial charge on any atom is -0.494 e. The standard InChI is InChI=1S/C11H13NO2/c1-2-13-10-5-3-9(4-6-10)11-12-7-8-14-11/h3-6H,2,7-8H2,1H3. The molecule has 1 aliphatic heterocycles. The topological polar surface area (TPSA) is 30.8 Å². The smallest absolute Gasteiger partial charge is 0.216 e. The van der Waals surface area contributed by atoms with Crippen LogP contribution in [0.3, 0.4) is 0 Å². The minimum atomic E-state index is 0.691. The maximum Gasteiger partial charge on any atom is 0.216 e. The average Bonchev–Trinajstić information content (AvgIpc) is 2.72. The van der Waals surface area contributed by atoms with Crippen LogP contribution in [0, 0.1) is 0 Å². The summed E-state index contributed by atoms with van der Waals surface area (Å²) in [6.45, 7) is 4.12. The minimum absolute atomic E-state index is 0.691. The molecule has 0 fully saturated rings. The second kappa shape index (κ2) is 4.13. The zero-order valence-electron chi connectivity index (χ0n) is 8.19. The summed E-state index contributed by atoms with van der Waals surface area (Å²) in [4.78, 5) is 4.24. The summed E-state index contributed by atoms with van der Waals surface area (Å²) < 4.78 is 10.7. The lowest BCUT2D eigenvalue weighted by atomic mass is 10.2. The number of benzene rings is 1. The van der Waals surface area contributed by atoms with E-state index in [-0.39, 0.29) is 0 Å². The third-order valence-electron chi connectivity index (χ3n) is 2.00. The zero-order chi connectivity index (χ0) is 9.80. The zero-order valence-corrected chi connectivity index (χ0v) is 8.19. The monoisotopic (exact) mass is 191 g/mol. The molecule has 0 aromatic heterocycles. The van der Waals surface area contributed by atoms with Crippen molar-refractivity contribution in [1.29, 1.82) is 0 Å². The number of ether oxygens (including phenoxy) is 2. The van der Waals surface area contributed by atoms with E-state index < -0.39 is 0 Å². The van der Waals surface area contributed by atoms with Gasteiger partial charge in [-0.3, -0.25) is 0 Å². The van der Waals surface area contributed by atoms with Gasteiger partial charge in [0.2, 0.25) is 5.90 Å². The molecule has 1 aromatic rings. The third kappa shape index (κ3) is 1.87. The maximum absolute atomic E-state index is 5.35. The van der Waals surface area contributed by atoms with Crippen LogP contribution in [0.15, 0.2) is 29.3 Å². The Morgan fingerprint density at radius 1 is 1.36 bits per heavy atom. The van der Waals surface area contributed by atoms with Crippen molar-refractivity contribution in [3.05, 3.63) is 29.8 Å². The van der Waals surface area contributed by atoms with Gasteiger partial charge in [0.05, 0.1) is 13.2 Å². The lowest BCUT2D eigenvalue weighted by Gasteiger charge is -2.04. The first-order valence-electron chi connectivity index (χ1n) is 4.80. The number of hydrogen-bond acceptors (Lipinski definition) is 3. The largest absolute Gasteiger partial charge is 0.494 e. The Hall–Kier alpha value is -1.51. The molecule has 74 valence electrons. The van der Waals surface area contributed by atoms with Gasteiger partial charge in [-0.2, -0.15) is 0 Å². The molecule has 0 aliphatic carbocycles. The fourth-order valence-electron chi connectivity index (χ4n) is 1.37. The molecule has 0 radical (unpaired) electrons. The van der Waals surface area contributed by atoms with Gasteiger partial charge in [-0.25, -0.2) is 4.99 Å². The van der Waals surface area contributed by atoms with E-state index in [9.17, 15) is 0 Å². The molecule has 0 amide bonds. The molecule has 1 heterocycles. The maximum atomic E-state index is 5.35. The van der Waals surface area contributed by atoms with Crippen molar-refractivity contribution >= 4 is 5.90 Å². The van der Waals surface area contributed by atoms with Gasteiger partial charge in [-0.1, -0.05) is 0 Å². The van der Waals surface area contributed by atoms with Crippen LogP contribution < -0.4 is 4.74 Å². The lowest BCUT2D eigenvalue weighted by molar-refractivity contribution is 0.339. The van der Waals surface area contributed by atoms with Crippen molar-refractivity contribution in [2.45, 2.75) is 6.92 Å². The molecule has 1 aliphatic rings. The van der Waals surface area contributed by atoms with E-state index in [1.807, 2.05) is 31.2 Å². The Kier molecular flexibility index (Phi) is 2.68. The molecular weight excluding hydrogens is 178 g/mol. The first kappa shape index (κ1) is 9.06. The number of aliphatic imine (C=N–C) groups is 1. The van der Waals surface area contributed by atoms with Crippen LogP contribution in [0.1, 0.15) is 12.5 Å². The van der Waals surface area contributed by atoms with Crippen molar-refractivity contribution in [2.24, 2.45) is 4.99 Å². The van der Waals surface area contributed by atoms with E-state index in [1.165, 1.54) is 0 Å². The van der Waals surface area contributed by atoms with Crippen molar-refractivity contribution in [2.75, 3.05) is 19.8 Å². The van der Waals surface area contributed by atoms with Crippen molar-refractivity contribution < 1.29 is 9.47 Å². The summed E-state index contributed by atoms with van der Waals surface area (Å²) in [5.74, 6) is 1.63. The van der Waals surface area contributed by atoms with E-state index in [4.69, 9.17) is 9.47 Å². The first-order valence-corrected chi connectivity index (χ1v) is 4.80. The molecule has 2 rings (SSSR count). The van der Waals surface area contributed by atoms with Crippen LogP contribution in [-0.2, 0) is 4.74 Å². The van der Waals surface area contributed by atoms with Gasteiger partial charge >= 0.3 is 0 Å². The molecule has 3 nitrogen and oxygen atoms in total. The summed E-state index contributed by atoms with van der Waals surface area (Å²) in [5, 5.41) is 0. The second-order valence-corrected chi connectivity index (χ2v) is 2.99. The van der Waals surface area contributed by atoms with Gasteiger partial charge in [0.15, 0.2) is 0 Å². The Morgan fingerprint density at radius 2 is 2.14 bits per heavy atom. The molecule has 1 aromatic carbocycles. The van der Waals surface area contributed by atoms with Crippen LogP contribution in [0.5, 0.6) is 5.75 Å². The van der Waals surface area contributed by atoms with Gasteiger partial charge < -0.3 is 9.47 Å². The van der Waals surface area contributed by atoms with E-state index in [0.29, 0.717) is 13.2 Å². The molecule has 3 heteroatoms. The molecular formula is C11H13NO2. The first-order chi connectivity index (χ1) is 6.90. The van der Waals surface area contributed by atoms with Crippen LogP contribution in [0.2, 0.25) is 0 Å². The summed E-state index contributed by atoms with van der Waals surface area (Å²) in [6, 6.07) is 7.80. The summed E-state index contributed by atoms with van der Waals surface area (Å²) in [7, 11) is 0. The molecule has 0 saturated heterocycles. The average molecular weight is 191 g/mol. The van der Waals surface area contributed by atoms with Crippen molar-refractivity contribution in [1.82, 2.24) is 0 Å². The number of nitrogens with zero attached hydrogens (tertiary/aromatic N) is 1. The predicted molar refractivity (Wildman–Crippen MR) is 55.0 cm³/mol. The number of rotatable bonds is 3. The Bertz CT molecular complexity index is 330. The molecule has 14 heavy (non-hydrogen) atoms. The van der Waals surface area contributed by atoms with Gasteiger partial charge in [0, 0.05) is 5.56 Å². The van der Waals surface area contributed by atoms with Crippen LogP contribution in [0.25, 0.3) is 0 Å². The lowest BCUT2D eigenvalue weighted by Crippen LogP contribution is -2.00. The van der Waals surface area contributed by atoms with Gasteiger partial charge in [0.25, 0.3) is 0 Å². The van der Waals surface area contributed by atoms with E-state index in [2.05, 4.69) is 4.99 Å². The second-order valence-electron chi connectivity index (χ2n) is 2.99. The SMILES string of the molecule is CCOc1ccc(C2=NCCO2)cc1. The van der Waals surface area contributed by atoms with E-state index >= 15 is 0 Å². The summed E-state index contributed by atoms with van der Waals surface area (Å²) in [5.41, 5.74) is 1.02. The summed E-state index contributed by atoms with van der Waals surface area (Å²) >= 11 is 0. The Morgan fingerprint density at radius 3 is 2.71 bits per heavy atom. The van der Waals surface area contributed by atoms with Crippen LogP contribution >= 0.6 is 0 Å². The third-order valence-corrected chi connectivity index (χ3v) is 2.00. The quantitative estimate of drug-likeness (QED) is 0.730. The van der Waals surface area contributed by atoms with E-state index in [0.717, 1.165) is 23.8 Å². The van der Waals surface area contributed by atoms with Crippen molar-refractivity contribution in [3.8, 4) is 5.75 Å². The van der Waals surface area contributed by atoms with Gasteiger partial charge in [0.1, 0.15) is 12.4 Å². The summed E-state index contributed by atoms with van der Waals surface area (Å²) in [6.07, 6.45) is 0. The molecule has 0 N–H and O–H groups in total. The highest BCUT2D eigenvalue weighted by molar-refractivity contribution is 5.94. The molecule has 0 saturated carbocycles.